The van der Waals surface area contributed by atoms with Crippen LogP contribution in [0.4, 0.5) is 5.69 Å². The van der Waals surface area contributed by atoms with E-state index in [1.165, 1.54) is 0 Å². The average molecular weight is 479 g/mol. The monoisotopic (exact) mass is 478 g/mol. The number of non-ortho nitro benzene ring substituents is 1. The van der Waals surface area contributed by atoms with Crippen LogP contribution in [0.15, 0.2) is 46.9 Å². The number of rotatable bonds is 8. The second-order valence-electron chi connectivity index (χ2n) is 6.16. The van der Waals surface area contributed by atoms with E-state index in [0.717, 1.165) is 28.2 Å². The fourth-order valence-electron chi connectivity index (χ4n) is 2.50. The van der Waals surface area contributed by atoms with Crippen molar-refractivity contribution in [3.05, 3.63) is 73.7 Å². The van der Waals surface area contributed by atoms with Crippen LogP contribution in [0.25, 0.3) is 0 Å². The summed E-state index contributed by atoms with van der Waals surface area (Å²) in [4.78, 5) is 46.6. The molecule has 0 saturated carbocycles. The molecule has 0 aliphatic carbocycles. The number of carbonyl (C=O) groups excluding carboxylic acids is 3. The molecule has 2 aromatic rings. The van der Waals surface area contributed by atoms with E-state index in [1.807, 2.05) is 24.3 Å². The molecule has 30 heavy (non-hydrogen) atoms. The highest BCUT2D eigenvalue weighted by Gasteiger charge is 2.20. The van der Waals surface area contributed by atoms with Crippen molar-refractivity contribution in [3.8, 4) is 0 Å². The highest BCUT2D eigenvalue weighted by atomic mass is 79.9. The van der Waals surface area contributed by atoms with E-state index in [-0.39, 0.29) is 23.8 Å². The Morgan fingerprint density at radius 1 is 1.07 bits per heavy atom. The van der Waals surface area contributed by atoms with Gasteiger partial charge in [0.2, 0.25) is 0 Å². The fraction of sp³-hybridized carbons (Fsp3) is 0.250. The first-order chi connectivity index (χ1) is 14.2. The molecule has 1 unspecified atom stereocenters. The molecule has 1 N–H and O–H groups in total. The number of nitrogens with one attached hydrogen (secondary N) is 1. The summed E-state index contributed by atoms with van der Waals surface area (Å²) in [5, 5.41) is 13.8. The summed E-state index contributed by atoms with van der Waals surface area (Å²) >= 11 is 3.33. The van der Waals surface area contributed by atoms with Crippen LogP contribution in [0.5, 0.6) is 0 Å². The largest absolute Gasteiger partial charge is 0.462 e. The van der Waals surface area contributed by atoms with Crippen molar-refractivity contribution in [2.45, 2.75) is 19.9 Å². The van der Waals surface area contributed by atoms with E-state index in [4.69, 9.17) is 9.47 Å². The van der Waals surface area contributed by atoms with Gasteiger partial charge in [0, 0.05) is 16.6 Å². The molecule has 0 bridgehead atoms. The molecular weight excluding hydrogens is 460 g/mol. The summed E-state index contributed by atoms with van der Waals surface area (Å²) in [5.74, 6) is -2.33. The van der Waals surface area contributed by atoms with Gasteiger partial charge in [-0.15, -0.1) is 0 Å². The Kier molecular flexibility index (Phi) is 8.05. The molecular formula is C20H19BrN2O7. The van der Waals surface area contributed by atoms with E-state index in [9.17, 15) is 24.5 Å². The average Bonchev–Trinajstić information content (AvgIpc) is 2.72. The predicted octanol–water partition coefficient (Wildman–Crippen LogP) is 3.57. The summed E-state index contributed by atoms with van der Waals surface area (Å²) in [5.41, 5.74) is -0.0104. The van der Waals surface area contributed by atoms with Gasteiger partial charge < -0.3 is 14.8 Å². The first-order valence-electron chi connectivity index (χ1n) is 8.89. The quantitative estimate of drug-likeness (QED) is 0.349. The number of hydrogen-bond donors (Lipinski definition) is 1. The van der Waals surface area contributed by atoms with Crippen molar-refractivity contribution in [1.29, 1.82) is 0 Å². The van der Waals surface area contributed by atoms with Crippen LogP contribution < -0.4 is 5.32 Å². The SMILES string of the molecule is CCOC(=O)c1cc(C(=O)OCC(=O)NC(C)c2ccc(Br)cc2)cc([N+](=O)[O-])c1. The molecule has 10 heteroatoms. The molecule has 0 spiro atoms. The second kappa shape index (κ2) is 10.5. The lowest BCUT2D eigenvalue weighted by Gasteiger charge is -2.14. The number of amides is 1. The van der Waals surface area contributed by atoms with Gasteiger partial charge in [-0.3, -0.25) is 14.9 Å². The maximum absolute atomic E-state index is 12.3. The lowest BCUT2D eigenvalue weighted by atomic mass is 10.1. The Bertz CT molecular complexity index is 960. The van der Waals surface area contributed by atoms with Gasteiger partial charge in [-0.05, 0) is 37.6 Å². The first-order valence-corrected chi connectivity index (χ1v) is 9.69. The van der Waals surface area contributed by atoms with E-state index in [0.29, 0.717) is 0 Å². The molecule has 0 aliphatic heterocycles. The minimum absolute atomic E-state index is 0.0675. The van der Waals surface area contributed by atoms with E-state index in [2.05, 4.69) is 21.2 Å². The highest BCUT2D eigenvalue weighted by Crippen LogP contribution is 2.19. The Morgan fingerprint density at radius 3 is 2.17 bits per heavy atom. The Hall–Kier alpha value is -3.27. The van der Waals surface area contributed by atoms with Gasteiger partial charge in [0.25, 0.3) is 11.6 Å². The van der Waals surface area contributed by atoms with Gasteiger partial charge in [-0.2, -0.15) is 0 Å². The lowest BCUT2D eigenvalue weighted by Crippen LogP contribution is -2.31. The Labute approximate surface area is 180 Å². The molecule has 0 saturated heterocycles. The van der Waals surface area contributed by atoms with Gasteiger partial charge in [0.05, 0.1) is 28.7 Å². The van der Waals surface area contributed by atoms with Crippen LogP contribution in [0.3, 0.4) is 0 Å². The number of benzene rings is 2. The minimum Gasteiger partial charge on any atom is -0.462 e. The molecule has 158 valence electrons. The predicted molar refractivity (Wildman–Crippen MR) is 110 cm³/mol. The van der Waals surface area contributed by atoms with E-state index in [1.54, 1.807) is 13.8 Å². The number of halogens is 1. The Morgan fingerprint density at radius 2 is 1.63 bits per heavy atom. The zero-order valence-corrected chi connectivity index (χ0v) is 17.8. The zero-order chi connectivity index (χ0) is 22.3. The van der Waals surface area contributed by atoms with Crippen LogP contribution in [-0.2, 0) is 14.3 Å². The van der Waals surface area contributed by atoms with Crippen LogP contribution in [-0.4, -0.2) is 36.0 Å². The number of nitrogens with zero attached hydrogens (tertiary/aromatic N) is 1. The minimum atomic E-state index is -0.976. The maximum atomic E-state index is 12.3. The van der Waals surface area contributed by atoms with E-state index >= 15 is 0 Å². The summed E-state index contributed by atoms with van der Waals surface area (Å²) < 4.78 is 10.7. The maximum Gasteiger partial charge on any atom is 0.338 e. The van der Waals surface area contributed by atoms with Crippen LogP contribution >= 0.6 is 15.9 Å². The van der Waals surface area contributed by atoms with E-state index < -0.39 is 35.1 Å². The Balaban J connectivity index is 2.04. The van der Waals surface area contributed by atoms with Crippen LogP contribution in [0.2, 0.25) is 0 Å². The second-order valence-corrected chi connectivity index (χ2v) is 7.08. The van der Waals surface area contributed by atoms with Gasteiger partial charge in [0.15, 0.2) is 6.61 Å². The first kappa shape index (κ1) is 23.0. The summed E-state index contributed by atoms with van der Waals surface area (Å²) in [6.07, 6.45) is 0. The van der Waals surface area contributed by atoms with Crippen molar-refractivity contribution < 1.29 is 28.8 Å². The third-order valence-electron chi connectivity index (χ3n) is 3.96. The number of esters is 2. The molecule has 0 aliphatic rings. The normalized spacial score (nSPS) is 11.3. The number of carbonyl (C=O) groups is 3. The smallest absolute Gasteiger partial charge is 0.338 e. The highest BCUT2D eigenvalue weighted by molar-refractivity contribution is 9.10. The van der Waals surface area contributed by atoms with Crippen molar-refractivity contribution in [1.82, 2.24) is 5.32 Å². The number of hydrogen-bond acceptors (Lipinski definition) is 7. The summed E-state index contributed by atoms with van der Waals surface area (Å²) in [7, 11) is 0. The third-order valence-corrected chi connectivity index (χ3v) is 4.49. The van der Waals surface area contributed by atoms with Gasteiger partial charge >= 0.3 is 11.9 Å². The molecule has 1 atom stereocenters. The van der Waals surface area contributed by atoms with Crippen LogP contribution in [0.1, 0.15) is 46.2 Å². The molecule has 0 heterocycles. The fourth-order valence-corrected chi connectivity index (χ4v) is 2.76. The molecule has 0 fully saturated rings. The van der Waals surface area contributed by atoms with Crippen molar-refractivity contribution in [3.63, 3.8) is 0 Å². The summed E-state index contributed by atoms with van der Waals surface area (Å²) in [6.45, 7) is 2.84. The molecule has 2 rings (SSSR count). The summed E-state index contributed by atoms with van der Waals surface area (Å²) in [6, 6.07) is 10.1. The molecule has 0 radical (unpaired) electrons. The standard InChI is InChI=1S/C20H19BrN2O7/c1-3-29-19(25)14-8-15(10-17(9-14)23(27)28)20(26)30-11-18(24)22-12(2)13-4-6-16(21)7-5-13/h4-10,12H,3,11H2,1-2H3,(H,22,24). The van der Waals surface area contributed by atoms with Gasteiger partial charge in [0.1, 0.15) is 0 Å². The number of nitro groups is 1. The van der Waals surface area contributed by atoms with Gasteiger partial charge in [-0.25, -0.2) is 9.59 Å². The lowest BCUT2D eigenvalue weighted by molar-refractivity contribution is -0.384. The molecule has 1 amide bonds. The van der Waals surface area contributed by atoms with Crippen molar-refractivity contribution in [2.24, 2.45) is 0 Å². The molecule has 2 aromatic carbocycles. The topological polar surface area (TPSA) is 125 Å². The van der Waals surface area contributed by atoms with Crippen molar-refractivity contribution >= 4 is 39.5 Å². The molecule has 0 aromatic heterocycles. The van der Waals surface area contributed by atoms with Crippen molar-refractivity contribution in [2.75, 3.05) is 13.2 Å². The van der Waals surface area contributed by atoms with Gasteiger partial charge in [-0.1, -0.05) is 28.1 Å². The molecule has 9 nitrogen and oxygen atoms in total. The number of nitro benzene ring substituents is 1. The number of ether oxygens (including phenoxy) is 2. The van der Waals surface area contributed by atoms with Crippen LogP contribution in [0, 0.1) is 10.1 Å². The zero-order valence-electron chi connectivity index (χ0n) is 16.2. The third kappa shape index (κ3) is 6.38.